The van der Waals surface area contributed by atoms with Crippen LogP contribution in [0.4, 0.5) is 5.69 Å². The van der Waals surface area contributed by atoms with Gasteiger partial charge in [0.2, 0.25) is 0 Å². The number of anilines is 1. The monoisotopic (exact) mass is 302 g/mol. The quantitative estimate of drug-likeness (QED) is 0.941. The second kappa shape index (κ2) is 5.85. The molecule has 2 rings (SSSR count). The van der Waals surface area contributed by atoms with Crippen molar-refractivity contribution >= 4 is 15.7 Å². The number of ether oxygens (including phenoxy) is 1. The summed E-state index contributed by atoms with van der Waals surface area (Å²) in [7, 11) is -2.36. The molecule has 0 amide bonds. The number of rotatable bonds is 4. The number of nitriles is 1. The van der Waals surface area contributed by atoms with Crippen molar-refractivity contribution < 1.29 is 13.2 Å². The van der Waals surface area contributed by atoms with E-state index in [1.54, 1.807) is 24.3 Å². The van der Waals surface area contributed by atoms with Gasteiger partial charge in [-0.2, -0.15) is 5.26 Å². The fourth-order valence-corrected chi connectivity index (χ4v) is 3.07. The highest BCUT2D eigenvalue weighted by molar-refractivity contribution is 7.92. The van der Waals surface area contributed by atoms with Gasteiger partial charge in [0, 0.05) is 0 Å². The zero-order valence-corrected chi connectivity index (χ0v) is 12.4. The number of benzene rings is 2. The SMILES string of the molecule is COc1cccc(C#N)c1NS(=O)(=O)c1cccc(C)c1. The number of hydrogen-bond acceptors (Lipinski definition) is 4. The fourth-order valence-electron chi connectivity index (χ4n) is 1.88. The summed E-state index contributed by atoms with van der Waals surface area (Å²) in [6, 6.07) is 13.2. The van der Waals surface area contributed by atoms with Crippen molar-refractivity contribution in [2.75, 3.05) is 11.8 Å². The van der Waals surface area contributed by atoms with E-state index in [0.717, 1.165) is 5.56 Å². The first kappa shape index (κ1) is 14.9. The van der Waals surface area contributed by atoms with Gasteiger partial charge in [0.25, 0.3) is 10.0 Å². The molecule has 0 spiro atoms. The van der Waals surface area contributed by atoms with Crippen LogP contribution in [0.2, 0.25) is 0 Å². The van der Waals surface area contributed by atoms with E-state index in [9.17, 15) is 8.42 Å². The maximum atomic E-state index is 12.4. The molecule has 2 aromatic carbocycles. The number of methoxy groups -OCH3 is 1. The standard InChI is InChI=1S/C15H14N2O3S/c1-11-5-3-7-13(9-11)21(18,19)17-15-12(10-16)6-4-8-14(15)20-2/h3-9,17H,1-2H3. The fraction of sp³-hybridized carbons (Fsp3) is 0.133. The van der Waals surface area contributed by atoms with E-state index < -0.39 is 10.0 Å². The van der Waals surface area contributed by atoms with Gasteiger partial charge in [-0.3, -0.25) is 4.72 Å². The Balaban J connectivity index is 2.49. The smallest absolute Gasteiger partial charge is 0.262 e. The Kier molecular flexibility index (Phi) is 4.15. The lowest BCUT2D eigenvalue weighted by Gasteiger charge is -2.13. The molecule has 0 aliphatic heterocycles. The van der Waals surface area contributed by atoms with Crippen LogP contribution in [0.15, 0.2) is 47.4 Å². The molecule has 0 atom stereocenters. The molecule has 0 fully saturated rings. The molecule has 5 nitrogen and oxygen atoms in total. The average molecular weight is 302 g/mol. The van der Waals surface area contributed by atoms with Gasteiger partial charge in [-0.25, -0.2) is 8.42 Å². The van der Waals surface area contributed by atoms with Gasteiger partial charge in [0.05, 0.1) is 17.6 Å². The summed E-state index contributed by atoms with van der Waals surface area (Å²) >= 11 is 0. The normalized spacial score (nSPS) is 10.7. The molecule has 108 valence electrons. The van der Waals surface area contributed by atoms with Crippen molar-refractivity contribution in [2.24, 2.45) is 0 Å². The van der Waals surface area contributed by atoms with E-state index in [4.69, 9.17) is 10.00 Å². The second-order valence-electron chi connectivity index (χ2n) is 4.42. The zero-order chi connectivity index (χ0) is 15.5. The van der Waals surface area contributed by atoms with Gasteiger partial charge in [-0.1, -0.05) is 18.2 Å². The molecule has 1 N–H and O–H groups in total. The first-order valence-corrected chi connectivity index (χ1v) is 7.63. The molecule has 0 radical (unpaired) electrons. The molecule has 0 saturated heterocycles. The highest BCUT2D eigenvalue weighted by Gasteiger charge is 2.19. The summed E-state index contributed by atoms with van der Waals surface area (Å²) in [5, 5.41) is 9.11. The number of aryl methyl sites for hydroxylation is 1. The first-order chi connectivity index (χ1) is 9.97. The van der Waals surface area contributed by atoms with Crippen LogP contribution < -0.4 is 9.46 Å². The van der Waals surface area contributed by atoms with E-state index in [1.165, 1.54) is 19.2 Å². The maximum Gasteiger partial charge on any atom is 0.262 e. The lowest BCUT2D eigenvalue weighted by molar-refractivity contribution is 0.417. The van der Waals surface area contributed by atoms with Crippen molar-refractivity contribution in [1.82, 2.24) is 0 Å². The molecule has 0 bridgehead atoms. The van der Waals surface area contributed by atoms with Crippen molar-refractivity contribution in [2.45, 2.75) is 11.8 Å². The van der Waals surface area contributed by atoms with E-state index in [0.29, 0.717) is 5.75 Å². The Labute approximate surface area is 123 Å². The van der Waals surface area contributed by atoms with E-state index in [2.05, 4.69) is 4.72 Å². The Morgan fingerprint density at radius 3 is 2.52 bits per heavy atom. The van der Waals surface area contributed by atoms with E-state index >= 15 is 0 Å². The second-order valence-corrected chi connectivity index (χ2v) is 6.10. The summed E-state index contributed by atoms with van der Waals surface area (Å²) in [6.07, 6.45) is 0. The van der Waals surface area contributed by atoms with Gasteiger partial charge < -0.3 is 4.74 Å². The van der Waals surface area contributed by atoms with Gasteiger partial charge in [0.1, 0.15) is 17.5 Å². The molecule has 2 aromatic rings. The van der Waals surface area contributed by atoms with Crippen LogP contribution in [0.5, 0.6) is 5.75 Å². The highest BCUT2D eigenvalue weighted by Crippen LogP contribution is 2.30. The number of sulfonamides is 1. The van der Waals surface area contributed by atoms with Crippen LogP contribution in [-0.2, 0) is 10.0 Å². The molecular weight excluding hydrogens is 288 g/mol. The van der Waals surface area contributed by atoms with Crippen LogP contribution in [0.25, 0.3) is 0 Å². The van der Waals surface area contributed by atoms with E-state index in [1.807, 2.05) is 19.1 Å². The Morgan fingerprint density at radius 2 is 1.90 bits per heavy atom. The topological polar surface area (TPSA) is 79.2 Å². The number of nitrogens with one attached hydrogen (secondary N) is 1. The Hall–Kier alpha value is -2.52. The van der Waals surface area contributed by atoms with Crippen molar-refractivity contribution in [3.8, 4) is 11.8 Å². The van der Waals surface area contributed by atoms with Crippen LogP contribution >= 0.6 is 0 Å². The zero-order valence-electron chi connectivity index (χ0n) is 11.6. The Morgan fingerprint density at radius 1 is 1.19 bits per heavy atom. The molecule has 0 aliphatic rings. The molecule has 0 heterocycles. The minimum absolute atomic E-state index is 0.136. The molecule has 0 aromatic heterocycles. The van der Waals surface area contributed by atoms with Gasteiger partial charge in [0.15, 0.2) is 0 Å². The van der Waals surface area contributed by atoms with Crippen molar-refractivity contribution in [3.05, 3.63) is 53.6 Å². The number of para-hydroxylation sites is 1. The summed E-state index contributed by atoms with van der Waals surface area (Å²) in [5.74, 6) is 0.297. The molecular formula is C15H14N2O3S. The van der Waals surface area contributed by atoms with E-state index in [-0.39, 0.29) is 16.1 Å². The minimum atomic E-state index is -3.78. The third-order valence-corrected chi connectivity index (χ3v) is 4.25. The first-order valence-electron chi connectivity index (χ1n) is 6.14. The lowest BCUT2D eigenvalue weighted by Crippen LogP contribution is -2.14. The minimum Gasteiger partial charge on any atom is -0.495 e. The van der Waals surface area contributed by atoms with Crippen molar-refractivity contribution in [3.63, 3.8) is 0 Å². The van der Waals surface area contributed by atoms with Gasteiger partial charge >= 0.3 is 0 Å². The third-order valence-electron chi connectivity index (χ3n) is 2.90. The number of hydrogen-bond donors (Lipinski definition) is 1. The molecule has 21 heavy (non-hydrogen) atoms. The molecule has 0 saturated carbocycles. The maximum absolute atomic E-state index is 12.4. The average Bonchev–Trinajstić information content (AvgIpc) is 2.47. The molecule has 0 aliphatic carbocycles. The van der Waals surface area contributed by atoms with Gasteiger partial charge in [-0.15, -0.1) is 0 Å². The number of nitrogens with zero attached hydrogens (tertiary/aromatic N) is 1. The predicted octanol–water partition coefficient (Wildman–Crippen LogP) is 2.68. The lowest BCUT2D eigenvalue weighted by atomic mass is 10.2. The summed E-state index contributed by atoms with van der Waals surface area (Å²) in [6.45, 7) is 1.81. The summed E-state index contributed by atoms with van der Waals surface area (Å²) in [4.78, 5) is 0.136. The van der Waals surface area contributed by atoms with Crippen molar-refractivity contribution in [1.29, 1.82) is 5.26 Å². The third kappa shape index (κ3) is 3.15. The summed E-state index contributed by atoms with van der Waals surface area (Å²) in [5.41, 5.74) is 1.17. The van der Waals surface area contributed by atoms with Crippen LogP contribution in [0.1, 0.15) is 11.1 Å². The summed E-state index contributed by atoms with van der Waals surface area (Å²) < 4.78 is 32.4. The predicted molar refractivity (Wildman–Crippen MR) is 79.7 cm³/mol. The largest absolute Gasteiger partial charge is 0.495 e. The highest BCUT2D eigenvalue weighted by atomic mass is 32.2. The molecule has 0 unspecified atom stereocenters. The van der Waals surface area contributed by atoms with Crippen LogP contribution in [-0.4, -0.2) is 15.5 Å². The molecule has 6 heteroatoms. The Bertz CT molecular complexity index is 808. The van der Waals surface area contributed by atoms with Gasteiger partial charge in [-0.05, 0) is 36.8 Å². The van der Waals surface area contributed by atoms with Crippen LogP contribution in [0, 0.1) is 18.3 Å². The van der Waals surface area contributed by atoms with Crippen LogP contribution in [0.3, 0.4) is 0 Å².